The van der Waals surface area contributed by atoms with Gasteiger partial charge in [-0.25, -0.2) is 4.79 Å². The summed E-state index contributed by atoms with van der Waals surface area (Å²) in [4.78, 5) is 11.7. The Morgan fingerprint density at radius 1 is 0.885 bits per heavy atom. The summed E-state index contributed by atoms with van der Waals surface area (Å²) >= 11 is 0. The Balaban J connectivity index is 4.33. The lowest BCUT2D eigenvalue weighted by molar-refractivity contribution is -0.870. The van der Waals surface area contributed by atoms with Gasteiger partial charge in [0.05, 0.1) is 21.1 Å². The van der Waals surface area contributed by atoms with Crippen LogP contribution in [-0.2, 0) is 18.0 Å². The van der Waals surface area contributed by atoms with Gasteiger partial charge in [0.15, 0.2) is 0 Å². The van der Waals surface area contributed by atoms with Crippen LogP contribution in [0.4, 0.5) is 4.79 Å². The maximum atomic E-state index is 11.7. The van der Waals surface area contributed by atoms with Crippen LogP contribution in [0, 0.1) is 0 Å². The van der Waals surface area contributed by atoms with Gasteiger partial charge >= 0.3 is 14.9 Å². The molecule has 7 nitrogen and oxygen atoms in total. The first-order valence-corrected chi connectivity index (χ1v) is 11.8. The van der Waals surface area contributed by atoms with E-state index >= 15 is 0 Å². The molecule has 1 amide bonds. The number of amides is 1. The predicted molar refractivity (Wildman–Crippen MR) is 106 cm³/mol. The minimum absolute atomic E-state index is 0.371. The summed E-state index contributed by atoms with van der Waals surface area (Å²) < 4.78 is 24.1. The average molecular weight is 394 g/mol. The first-order chi connectivity index (χ1) is 12.3. The summed E-state index contributed by atoms with van der Waals surface area (Å²) in [6, 6.07) is 0.701. The van der Waals surface area contributed by atoms with Crippen LogP contribution < -0.4 is 5.32 Å². The second-order valence-corrected chi connectivity index (χ2v) is 10.1. The van der Waals surface area contributed by atoms with Gasteiger partial charge in [-0.2, -0.15) is 0 Å². The number of carbonyl (C=O) groups is 1. The first kappa shape index (κ1) is 25.3. The summed E-state index contributed by atoms with van der Waals surface area (Å²) in [6.45, 7) is 9.86. The van der Waals surface area contributed by atoms with Crippen molar-refractivity contribution in [3.8, 4) is 0 Å². The molecule has 0 aromatic rings. The molecule has 0 saturated heterocycles. The monoisotopic (exact) mass is 393 g/mol. The number of hydrogen-bond donors (Lipinski definition) is 1. The van der Waals surface area contributed by atoms with E-state index < -0.39 is 8.80 Å². The smallest absolute Gasteiger partial charge is 0.444 e. The highest BCUT2D eigenvalue weighted by molar-refractivity contribution is 6.60. The lowest BCUT2D eigenvalue weighted by atomic mass is 10.5. The fourth-order valence-corrected chi connectivity index (χ4v) is 4.91. The SMILES string of the molecule is CCCO[Si](CCCNC(=O)OCC[N+](C)(C)C)(OCCC)OCCC. The molecule has 0 saturated carbocycles. The minimum atomic E-state index is -2.68. The molecule has 0 fully saturated rings. The third-order valence-electron chi connectivity index (χ3n) is 3.50. The van der Waals surface area contributed by atoms with Crippen molar-refractivity contribution in [1.82, 2.24) is 5.32 Å². The molecule has 0 aromatic carbocycles. The van der Waals surface area contributed by atoms with Gasteiger partial charge < -0.3 is 27.8 Å². The second-order valence-electron chi connectivity index (χ2n) is 7.41. The Hall–Kier alpha value is -0.673. The highest BCUT2D eigenvalue weighted by atomic mass is 28.4. The fourth-order valence-electron chi connectivity index (χ4n) is 2.07. The summed E-state index contributed by atoms with van der Waals surface area (Å²) in [6.07, 6.45) is 3.15. The molecular weight excluding hydrogens is 352 g/mol. The van der Waals surface area contributed by atoms with Gasteiger partial charge in [0.1, 0.15) is 13.2 Å². The lowest BCUT2D eigenvalue weighted by Gasteiger charge is -2.29. The van der Waals surface area contributed by atoms with E-state index in [9.17, 15) is 4.79 Å². The van der Waals surface area contributed by atoms with Crippen LogP contribution in [0.1, 0.15) is 46.5 Å². The van der Waals surface area contributed by atoms with E-state index in [1.165, 1.54) is 0 Å². The molecule has 156 valence electrons. The van der Waals surface area contributed by atoms with Gasteiger partial charge in [0.25, 0.3) is 0 Å². The zero-order chi connectivity index (χ0) is 19.9. The van der Waals surface area contributed by atoms with E-state index in [0.717, 1.165) is 36.7 Å². The molecule has 0 aliphatic carbocycles. The number of rotatable bonds is 16. The number of ether oxygens (including phenoxy) is 1. The third kappa shape index (κ3) is 13.5. The summed E-state index contributed by atoms with van der Waals surface area (Å²) in [5, 5.41) is 2.80. The van der Waals surface area contributed by atoms with E-state index in [2.05, 4.69) is 47.2 Å². The van der Waals surface area contributed by atoms with Crippen LogP contribution in [0.5, 0.6) is 0 Å². The van der Waals surface area contributed by atoms with Crippen LogP contribution in [0.15, 0.2) is 0 Å². The standard InChI is InChI=1S/C18H40N2O5Si/c1-7-13-23-26(24-14-8-2,25-15-9-3)17-10-11-19-18(21)22-16-12-20(4,5)6/h7-17H2,1-6H3/p+1. The maximum Gasteiger partial charge on any atom is 0.501 e. The molecule has 0 aliphatic rings. The summed E-state index contributed by atoms with van der Waals surface area (Å²) in [5.74, 6) is 0. The van der Waals surface area contributed by atoms with Gasteiger partial charge in [-0.05, 0) is 25.7 Å². The largest absolute Gasteiger partial charge is 0.501 e. The van der Waals surface area contributed by atoms with E-state index in [1.807, 2.05) is 0 Å². The van der Waals surface area contributed by atoms with Crippen LogP contribution in [0.3, 0.4) is 0 Å². The Bertz CT molecular complexity index is 342. The number of nitrogens with one attached hydrogen (secondary N) is 1. The predicted octanol–water partition coefficient (Wildman–Crippen LogP) is 3.03. The molecular formula is C18H41N2O5Si+. The minimum Gasteiger partial charge on any atom is -0.444 e. The number of quaternary nitrogens is 1. The van der Waals surface area contributed by atoms with Gasteiger partial charge in [-0.1, -0.05) is 20.8 Å². The van der Waals surface area contributed by atoms with E-state index in [1.54, 1.807) is 0 Å². The second kappa shape index (κ2) is 14.4. The molecule has 0 aromatic heterocycles. The summed E-state index contributed by atoms with van der Waals surface area (Å²) in [7, 11) is 3.52. The van der Waals surface area contributed by atoms with E-state index in [0.29, 0.717) is 39.0 Å². The first-order valence-electron chi connectivity index (χ1n) is 9.91. The van der Waals surface area contributed by atoms with Crippen LogP contribution >= 0.6 is 0 Å². The van der Waals surface area contributed by atoms with Gasteiger partial charge in [0, 0.05) is 32.4 Å². The molecule has 0 unspecified atom stereocenters. The molecule has 0 bridgehead atoms. The van der Waals surface area contributed by atoms with Crippen LogP contribution in [-0.4, -0.2) is 80.0 Å². The van der Waals surface area contributed by atoms with E-state index in [-0.39, 0.29) is 6.09 Å². The van der Waals surface area contributed by atoms with Crippen molar-refractivity contribution in [3.05, 3.63) is 0 Å². The van der Waals surface area contributed by atoms with Crippen molar-refractivity contribution in [3.63, 3.8) is 0 Å². The van der Waals surface area contributed by atoms with Crippen molar-refractivity contribution in [2.75, 3.05) is 60.7 Å². The Labute approximate surface area is 161 Å². The van der Waals surface area contributed by atoms with Crippen molar-refractivity contribution >= 4 is 14.9 Å². The van der Waals surface area contributed by atoms with Gasteiger partial charge in [-0.3, -0.25) is 0 Å². The fraction of sp³-hybridized carbons (Fsp3) is 0.944. The van der Waals surface area contributed by atoms with Crippen LogP contribution in [0.2, 0.25) is 6.04 Å². The normalized spacial score (nSPS) is 12.2. The number of hydrogen-bond acceptors (Lipinski definition) is 5. The van der Waals surface area contributed by atoms with Crippen molar-refractivity contribution in [1.29, 1.82) is 0 Å². The van der Waals surface area contributed by atoms with Gasteiger partial charge in [0.2, 0.25) is 0 Å². The zero-order valence-electron chi connectivity index (χ0n) is 17.8. The van der Waals surface area contributed by atoms with Gasteiger partial charge in [-0.15, -0.1) is 0 Å². The maximum absolute atomic E-state index is 11.7. The topological polar surface area (TPSA) is 66.0 Å². The average Bonchev–Trinajstić information content (AvgIpc) is 2.58. The molecule has 0 atom stereocenters. The quantitative estimate of drug-likeness (QED) is 0.248. The highest BCUT2D eigenvalue weighted by Crippen LogP contribution is 2.19. The number of likely N-dealkylation sites (N-methyl/N-ethyl adjacent to an activating group) is 1. The van der Waals surface area contributed by atoms with E-state index in [4.69, 9.17) is 18.0 Å². The molecule has 0 aliphatic heterocycles. The van der Waals surface area contributed by atoms with Crippen LogP contribution in [0.25, 0.3) is 0 Å². The Morgan fingerprint density at radius 2 is 1.38 bits per heavy atom. The molecule has 0 rings (SSSR count). The summed E-state index contributed by atoms with van der Waals surface area (Å²) in [5.41, 5.74) is 0. The Morgan fingerprint density at radius 3 is 1.81 bits per heavy atom. The van der Waals surface area contributed by atoms with Crippen molar-refractivity contribution < 1.29 is 27.3 Å². The molecule has 0 spiro atoms. The number of alkyl carbamates (subject to hydrolysis) is 1. The third-order valence-corrected chi connectivity index (χ3v) is 6.40. The molecule has 8 heteroatoms. The molecule has 0 radical (unpaired) electrons. The number of carbonyl (C=O) groups excluding carboxylic acids is 1. The Kier molecular flexibility index (Phi) is 14.0. The van der Waals surface area contributed by atoms with Crippen molar-refractivity contribution in [2.45, 2.75) is 52.5 Å². The zero-order valence-corrected chi connectivity index (χ0v) is 18.8. The lowest BCUT2D eigenvalue weighted by Crippen LogP contribution is -2.47. The van der Waals surface area contributed by atoms with Crippen molar-refractivity contribution in [2.24, 2.45) is 0 Å². The molecule has 26 heavy (non-hydrogen) atoms. The number of nitrogens with zero attached hydrogens (tertiary/aromatic N) is 1. The highest BCUT2D eigenvalue weighted by Gasteiger charge is 2.40. The molecule has 0 heterocycles. The molecule has 1 N–H and O–H groups in total.